The summed E-state index contributed by atoms with van der Waals surface area (Å²) in [5, 5.41) is 25.3. The van der Waals surface area contributed by atoms with Crippen LogP contribution in [0, 0.1) is 0 Å². The highest BCUT2D eigenvalue weighted by atomic mass is 16.3. The van der Waals surface area contributed by atoms with Crippen LogP contribution in [0.3, 0.4) is 0 Å². The first kappa shape index (κ1) is 62.9. The Morgan fingerprint density at radius 3 is 0.991 bits per heavy atom. The third kappa shape index (κ3) is 9.53. The van der Waals surface area contributed by atoms with Crippen molar-refractivity contribution in [2.75, 3.05) is 0 Å². The maximum absolute atomic E-state index is 6.21. The van der Waals surface area contributed by atoms with Gasteiger partial charge in [-0.3, -0.25) is 0 Å². The van der Waals surface area contributed by atoms with Crippen molar-refractivity contribution in [3.63, 3.8) is 0 Å². The molecule has 510 valence electrons. The highest BCUT2D eigenvalue weighted by Gasteiger charge is 2.39. The fraction of sp³-hybridized carbons (Fsp3) is 0.0556. The van der Waals surface area contributed by atoms with Crippen LogP contribution in [0.2, 0.25) is 0 Å². The van der Waals surface area contributed by atoms with Crippen LogP contribution in [0.25, 0.3) is 208 Å². The number of hydrogen-bond donors (Lipinski definition) is 0. The topological polar surface area (TPSA) is 13.1 Å². The van der Waals surface area contributed by atoms with Crippen molar-refractivity contribution < 1.29 is 4.42 Å². The van der Waals surface area contributed by atoms with E-state index in [0.717, 1.165) is 21.9 Å². The van der Waals surface area contributed by atoms with E-state index in [2.05, 4.69) is 380 Å². The number of benzene rings is 20. The molecule has 21 aromatic rings. The third-order valence-corrected chi connectivity index (χ3v) is 24.6. The minimum absolute atomic E-state index is 0.0700. The van der Waals surface area contributed by atoms with Crippen molar-refractivity contribution in [1.82, 2.24) is 0 Å². The summed E-state index contributed by atoms with van der Waals surface area (Å²) in [6.45, 7) is 9.49. The highest BCUT2D eigenvalue weighted by molar-refractivity contribution is 6.29. The van der Waals surface area contributed by atoms with Crippen LogP contribution in [0.15, 0.2) is 368 Å². The SMILES string of the molecule is CC1(C)c2cc3ccccc3cc2-c2c(-c3ccc(-c4c5ccccc5c(-c5cc6ccc7ccccc7c6c6ccccc56)c5ccccc45)cc3)cccc21.CC1(C)c2cc3ccccc3cc2-c2c(-c3ccc(-c4c5ccccc5c(-c5ccc6oc7ccccc7c6c5)c5ccccc45)cc3)cccc21. The molecule has 1 nitrogen and oxygen atoms in total. The van der Waals surface area contributed by atoms with E-state index in [-0.39, 0.29) is 10.8 Å². The predicted octanol–water partition coefficient (Wildman–Crippen LogP) is 30.3. The molecule has 2 aliphatic rings. The Hall–Kier alpha value is -13.5. The standard InChI is InChI=1S/C57H38.C51H34O/c1-57(2)51-25-13-24-42(56(51)50-32-38-15-3-4-16-39(38)34-52(50)57)36-26-29-37(30-27-36)53-45-20-9-11-22-47(45)55(48-23-12-10-21-46(48)53)49-33-40-31-28-35-14-5-6-17-41(35)54(40)44-19-8-7-18-43(44)49;1-51(2)44-20-11-19-36(50(44)43-28-33-12-3-4-13-34(33)30-45(43)51)31-22-24-32(25-23-31)48-38-15-5-7-17-40(38)49(41-18-8-6-16-39(41)48)35-26-27-47-42(29-35)37-14-9-10-21-46(37)52-47/h3-34H,1-2H3;3-30H,1-2H3. The molecule has 109 heavy (non-hydrogen) atoms. The molecule has 1 aromatic heterocycles. The number of fused-ring (bicyclic) bond motifs is 20. The summed E-state index contributed by atoms with van der Waals surface area (Å²) in [6, 6.07) is 135. The zero-order valence-corrected chi connectivity index (χ0v) is 61.0. The van der Waals surface area contributed by atoms with Crippen LogP contribution in [-0.2, 0) is 10.8 Å². The van der Waals surface area contributed by atoms with Crippen molar-refractivity contribution >= 4 is 119 Å². The molecule has 0 fully saturated rings. The molecule has 0 amide bonds. The van der Waals surface area contributed by atoms with Crippen LogP contribution < -0.4 is 0 Å². The molecule has 20 aromatic carbocycles. The van der Waals surface area contributed by atoms with E-state index in [1.54, 1.807) is 0 Å². The summed E-state index contributed by atoms with van der Waals surface area (Å²) < 4.78 is 6.21. The molecule has 0 saturated carbocycles. The van der Waals surface area contributed by atoms with E-state index >= 15 is 0 Å². The quantitative estimate of drug-likeness (QED) is 0.119. The van der Waals surface area contributed by atoms with Crippen LogP contribution in [-0.4, -0.2) is 0 Å². The van der Waals surface area contributed by atoms with E-state index in [4.69, 9.17) is 4.42 Å². The van der Waals surface area contributed by atoms with E-state index in [9.17, 15) is 0 Å². The monoisotopic (exact) mass is 1380 g/mol. The largest absolute Gasteiger partial charge is 0.456 e. The van der Waals surface area contributed by atoms with Crippen molar-refractivity contribution in [3.8, 4) is 89.0 Å². The normalized spacial score (nSPS) is 13.3. The number of para-hydroxylation sites is 1. The van der Waals surface area contributed by atoms with Crippen molar-refractivity contribution in [2.24, 2.45) is 0 Å². The van der Waals surface area contributed by atoms with E-state index in [1.165, 1.54) is 208 Å². The average Bonchev–Trinajstić information content (AvgIpc) is 1.71. The Morgan fingerprint density at radius 2 is 0.514 bits per heavy atom. The minimum atomic E-state index is -0.0750. The lowest BCUT2D eigenvalue weighted by atomic mass is 9.81. The summed E-state index contributed by atoms with van der Waals surface area (Å²) in [5.41, 5.74) is 27.8. The van der Waals surface area contributed by atoms with E-state index in [1.807, 2.05) is 12.1 Å². The van der Waals surface area contributed by atoms with Crippen molar-refractivity contribution in [3.05, 3.63) is 386 Å². The number of rotatable bonds is 6. The lowest BCUT2D eigenvalue weighted by molar-refractivity contribution is 0.661. The predicted molar refractivity (Wildman–Crippen MR) is 465 cm³/mol. The summed E-state index contributed by atoms with van der Waals surface area (Å²) >= 11 is 0. The Bertz CT molecular complexity index is 7330. The molecule has 0 radical (unpaired) electrons. The number of furan rings is 1. The second-order valence-corrected chi connectivity index (χ2v) is 31.2. The molecule has 1 heteroatoms. The molecule has 23 rings (SSSR count). The van der Waals surface area contributed by atoms with Crippen LogP contribution >= 0.6 is 0 Å². The van der Waals surface area contributed by atoms with Gasteiger partial charge in [0.1, 0.15) is 11.2 Å². The van der Waals surface area contributed by atoms with Crippen molar-refractivity contribution in [1.29, 1.82) is 0 Å². The Morgan fingerprint density at radius 1 is 0.174 bits per heavy atom. The van der Waals surface area contributed by atoms with Gasteiger partial charge < -0.3 is 4.42 Å². The van der Waals surface area contributed by atoms with Gasteiger partial charge in [-0.2, -0.15) is 0 Å². The lowest BCUT2D eigenvalue weighted by Crippen LogP contribution is -2.14. The van der Waals surface area contributed by atoms with E-state index in [0.29, 0.717) is 0 Å². The fourth-order valence-corrected chi connectivity index (χ4v) is 19.5. The molecule has 1 heterocycles. The highest BCUT2D eigenvalue weighted by Crippen LogP contribution is 2.57. The minimum Gasteiger partial charge on any atom is -0.456 e. The molecule has 0 aliphatic heterocycles. The number of hydrogen-bond acceptors (Lipinski definition) is 1. The van der Waals surface area contributed by atoms with Crippen LogP contribution in [0.5, 0.6) is 0 Å². The third-order valence-electron chi connectivity index (χ3n) is 24.6. The Balaban J connectivity index is 0.000000135. The van der Waals surface area contributed by atoms with Gasteiger partial charge in [-0.15, -0.1) is 0 Å². The molecular weight excluding hydrogens is 1310 g/mol. The molecule has 0 spiro atoms. The Kier molecular flexibility index (Phi) is 13.9. The molecule has 0 N–H and O–H groups in total. The summed E-state index contributed by atoms with van der Waals surface area (Å²) in [4.78, 5) is 0. The average molecular weight is 1390 g/mol. The van der Waals surface area contributed by atoms with Crippen LogP contribution in [0.1, 0.15) is 49.9 Å². The molecule has 0 atom stereocenters. The molecule has 0 saturated heterocycles. The van der Waals surface area contributed by atoms with Gasteiger partial charge in [0, 0.05) is 21.6 Å². The van der Waals surface area contributed by atoms with Crippen molar-refractivity contribution in [2.45, 2.75) is 38.5 Å². The van der Waals surface area contributed by atoms with Gasteiger partial charge in [0.15, 0.2) is 0 Å². The second-order valence-electron chi connectivity index (χ2n) is 31.2. The van der Waals surface area contributed by atoms with Gasteiger partial charge in [0.2, 0.25) is 0 Å². The molecule has 2 aliphatic carbocycles. The summed E-state index contributed by atoms with van der Waals surface area (Å²) in [5.74, 6) is 0. The van der Waals surface area contributed by atoms with Gasteiger partial charge in [-0.25, -0.2) is 0 Å². The fourth-order valence-electron chi connectivity index (χ4n) is 19.5. The second kappa shape index (κ2) is 24.0. The maximum Gasteiger partial charge on any atom is 0.135 e. The maximum atomic E-state index is 6.21. The first-order chi connectivity index (χ1) is 53.6. The molecular formula is C108H72O. The zero-order valence-electron chi connectivity index (χ0n) is 61.0. The van der Waals surface area contributed by atoms with Gasteiger partial charge >= 0.3 is 0 Å². The lowest BCUT2D eigenvalue weighted by Gasteiger charge is -2.22. The van der Waals surface area contributed by atoms with E-state index < -0.39 is 0 Å². The zero-order chi connectivity index (χ0) is 72.4. The molecule has 0 unspecified atom stereocenters. The van der Waals surface area contributed by atoms with Crippen LogP contribution in [0.4, 0.5) is 0 Å². The summed E-state index contributed by atoms with van der Waals surface area (Å²) in [7, 11) is 0. The summed E-state index contributed by atoms with van der Waals surface area (Å²) in [6.07, 6.45) is 0. The Labute approximate surface area is 632 Å². The first-order valence-electron chi connectivity index (χ1n) is 38.3. The van der Waals surface area contributed by atoms with Gasteiger partial charge in [0.25, 0.3) is 0 Å². The van der Waals surface area contributed by atoms with Gasteiger partial charge in [-0.05, 0) is 257 Å². The first-order valence-corrected chi connectivity index (χ1v) is 38.3. The molecule has 0 bridgehead atoms. The smallest absolute Gasteiger partial charge is 0.135 e. The van der Waals surface area contributed by atoms with Gasteiger partial charge in [0.05, 0.1) is 0 Å². The van der Waals surface area contributed by atoms with Gasteiger partial charge in [-0.1, -0.05) is 343 Å².